The monoisotopic (exact) mass is 413 g/mol. The number of methoxy groups -OCH3 is 1. The van der Waals surface area contributed by atoms with Gasteiger partial charge in [-0.2, -0.15) is 0 Å². The molecule has 4 N–H and O–H groups in total. The summed E-state index contributed by atoms with van der Waals surface area (Å²) in [6, 6.07) is 9.28. The van der Waals surface area contributed by atoms with E-state index in [9.17, 15) is 19.5 Å². The van der Waals surface area contributed by atoms with Crippen LogP contribution in [-0.4, -0.2) is 35.3 Å². The Morgan fingerprint density at radius 2 is 1.83 bits per heavy atom. The van der Waals surface area contributed by atoms with Gasteiger partial charge in [0.15, 0.2) is 5.43 Å². The highest BCUT2D eigenvalue weighted by atomic mass is 16.5. The zero-order valence-electron chi connectivity index (χ0n) is 16.0. The highest BCUT2D eigenvalue weighted by Crippen LogP contribution is 2.31. The molecule has 9 heteroatoms. The molecule has 0 unspecified atom stereocenters. The number of carbonyl (C=O) groups is 2. The van der Waals surface area contributed by atoms with Crippen LogP contribution in [0.1, 0.15) is 12.8 Å². The SMILES string of the molecule is COc1ccc(-c2cc(=O)c3c(O)cc(OC(=O)[C@@H](N)CCC(=O)O)cc3o2)cc1. The van der Waals surface area contributed by atoms with E-state index in [0.29, 0.717) is 11.3 Å². The van der Waals surface area contributed by atoms with E-state index in [2.05, 4.69) is 0 Å². The molecule has 0 radical (unpaired) electrons. The fourth-order valence-corrected chi connectivity index (χ4v) is 2.79. The van der Waals surface area contributed by atoms with E-state index in [1.165, 1.54) is 19.2 Å². The zero-order chi connectivity index (χ0) is 21.8. The van der Waals surface area contributed by atoms with E-state index >= 15 is 0 Å². The molecule has 0 aliphatic carbocycles. The summed E-state index contributed by atoms with van der Waals surface area (Å²) in [5.74, 6) is -1.60. The van der Waals surface area contributed by atoms with Gasteiger partial charge in [0.2, 0.25) is 0 Å². The second-order valence-electron chi connectivity index (χ2n) is 6.48. The average molecular weight is 413 g/mol. The maximum absolute atomic E-state index is 12.5. The fourth-order valence-electron chi connectivity index (χ4n) is 2.79. The van der Waals surface area contributed by atoms with Gasteiger partial charge in [0, 0.05) is 30.2 Å². The number of esters is 1. The first kappa shape index (κ1) is 20.9. The van der Waals surface area contributed by atoms with Crippen LogP contribution in [0, 0.1) is 0 Å². The summed E-state index contributed by atoms with van der Waals surface area (Å²) in [7, 11) is 1.53. The van der Waals surface area contributed by atoms with Gasteiger partial charge >= 0.3 is 11.9 Å². The molecule has 1 aromatic heterocycles. The van der Waals surface area contributed by atoms with Gasteiger partial charge < -0.3 is 29.8 Å². The third-order valence-electron chi connectivity index (χ3n) is 4.35. The van der Waals surface area contributed by atoms with Crippen molar-refractivity contribution in [3.8, 4) is 28.6 Å². The Balaban J connectivity index is 1.93. The summed E-state index contributed by atoms with van der Waals surface area (Å²) in [6.45, 7) is 0. The second-order valence-corrected chi connectivity index (χ2v) is 6.48. The summed E-state index contributed by atoms with van der Waals surface area (Å²) >= 11 is 0. The predicted molar refractivity (Wildman–Crippen MR) is 107 cm³/mol. The molecule has 0 saturated heterocycles. The molecule has 30 heavy (non-hydrogen) atoms. The Morgan fingerprint density at radius 1 is 1.13 bits per heavy atom. The number of rotatable bonds is 7. The maximum atomic E-state index is 12.5. The minimum Gasteiger partial charge on any atom is -0.507 e. The standard InChI is InChI=1S/C21H19NO8/c1-28-12-4-2-11(3-5-12)17-10-16(24)20-15(23)8-13(9-18(20)30-17)29-21(27)14(22)6-7-19(25)26/h2-5,8-10,14,23H,6-7,22H2,1H3,(H,25,26)/t14-/m0/s1. The first-order valence-corrected chi connectivity index (χ1v) is 8.93. The molecule has 0 fully saturated rings. The van der Waals surface area contributed by atoms with Crippen molar-refractivity contribution in [2.24, 2.45) is 5.73 Å². The predicted octanol–water partition coefficient (Wildman–Crippen LogP) is 2.27. The van der Waals surface area contributed by atoms with E-state index < -0.39 is 29.2 Å². The van der Waals surface area contributed by atoms with Gasteiger partial charge in [-0.1, -0.05) is 0 Å². The Kier molecular flexibility index (Phi) is 6.03. The molecule has 3 rings (SSSR count). The third-order valence-corrected chi connectivity index (χ3v) is 4.35. The van der Waals surface area contributed by atoms with Crippen molar-refractivity contribution < 1.29 is 33.7 Å². The number of aromatic hydroxyl groups is 1. The summed E-state index contributed by atoms with van der Waals surface area (Å²) < 4.78 is 16.0. The van der Waals surface area contributed by atoms with E-state index in [0.717, 1.165) is 6.07 Å². The maximum Gasteiger partial charge on any atom is 0.328 e. The van der Waals surface area contributed by atoms with Crippen LogP contribution in [0.15, 0.2) is 51.7 Å². The van der Waals surface area contributed by atoms with Crippen LogP contribution in [0.2, 0.25) is 0 Å². The fraction of sp³-hybridized carbons (Fsp3) is 0.190. The van der Waals surface area contributed by atoms with Crippen molar-refractivity contribution >= 4 is 22.9 Å². The van der Waals surface area contributed by atoms with Crippen molar-refractivity contribution in [2.45, 2.75) is 18.9 Å². The molecule has 0 aliphatic heterocycles. The zero-order valence-corrected chi connectivity index (χ0v) is 16.0. The lowest BCUT2D eigenvalue weighted by atomic mass is 10.1. The number of phenols is 1. The van der Waals surface area contributed by atoms with Gasteiger partial charge in [-0.15, -0.1) is 0 Å². The van der Waals surface area contributed by atoms with E-state index in [-0.39, 0.29) is 35.3 Å². The lowest BCUT2D eigenvalue weighted by molar-refractivity contribution is -0.138. The molecule has 0 bridgehead atoms. The van der Waals surface area contributed by atoms with Gasteiger partial charge in [0.25, 0.3) is 0 Å². The minimum absolute atomic E-state index is 0.00947. The normalized spacial score (nSPS) is 11.8. The van der Waals surface area contributed by atoms with Crippen LogP contribution in [-0.2, 0) is 9.59 Å². The van der Waals surface area contributed by atoms with Crippen molar-refractivity contribution in [1.29, 1.82) is 0 Å². The summed E-state index contributed by atoms with van der Waals surface area (Å²) in [5, 5.41) is 18.8. The number of hydrogen-bond donors (Lipinski definition) is 3. The average Bonchev–Trinajstić information content (AvgIpc) is 2.71. The quantitative estimate of drug-likeness (QED) is 0.391. The lowest BCUT2D eigenvalue weighted by Gasteiger charge is -2.11. The molecule has 0 saturated carbocycles. The Bertz CT molecular complexity index is 1150. The summed E-state index contributed by atoms with van der Waals surface area (Å²) in [6.07, 6.45) is -0.399. The van der Waals surface area contributed by atoms with E-state index in [4.69, 9.17) is 24.7 Å². The van der Waals surface area contributed by atoms with Gasteiger partial charge in [-0.05, 0) is 30.7 Å². The molecular formula is C21H19NO8. The number of carboxylic acid groups (broad SMARTS) is 1. The van der Waals surface area contributed by atoms with Crippen molar-refractivity contribution in [3.05, 3.63) is 52.7 Å². The number of carboxylic acids is 1. The van der Waals surface area contributed by atoms with E-state index in [1.54, 1.807) is 24.3 Å². The van der Waals surface area contributed by atoms with Crippen LogP contribution >= 0.6 is 0 Å². The topological polar surface area (TPSA) is 149 Å². The highest BCUT2D eigenvalue weighted by Gasteiger charge is 2.19. The van der Waals surface area contributed by atoms with Crippen LogP contribution in [0.5, 0.6) is 17.2 Å². The number of phenolic OH excluding ortho intramolecular Hbond substituents is 1. The number of fused-ring (bicyclic) bond motifs is 1. The summed E-state index contributed by atoms with van der Waals surface area (Å²) in [5.41, 5.74) is 5.77. The third kappa shape index (κ3) is 4.58. The molecule has 3 aromatic rings. The molecule has 0 aliphatic rings. The number of nitrogens with two attached hydrogens (primary N) is 1. The number of ether oxygens (including phenoxy) is 2. The first-order chi connectivity index (χ1) is 14.3. The number of carbonyl (C=O) groups excluding carboxylic acids is 1. The molecule has 0 spiro atoms. The molecule has 1 atom stereocenters. The Hall–Kier alpha value is -3.85. The molecular weight excluding hydrogens is 394 g/mol. The van der Waals surface area contributed by atoms with Crippen LogP contribution < -0.4 is 20.6 Å². The highest BCUT2D eigenvalue weighted by molar-refractivity contribution is 5.87. The van der Waals surface area contributed by atoms with Crippen LogP contribution in [0.4, 0.5) is 0 Å². The molecule has 9 nitrogen and oxygen atoms in total. The van der Waals surface area contributed by atoms with Crippen molar-refractivity contribution in [1.82, 2.24) is 0 Å². The molecule has 1 heterocycles. The van der Waals surface area contributed by atoms with Crippen LogP contribution in [0.25, 0.3) is 22.3 Å². The first-order valence-electron chi connectivity index (χ1n) is 8.93. The molecule has 0 amide bonds. The van der Waals surface area contributed by atoms with Gasteiger partial charge in [-0.3, -0.25) is 9.59 Å². The van der Waals surface area contributed by atoms with Crippen LogP contribution in [0.3, 0.4) is 0 Å². The van der Waals surface area contributed by atoms with Gasteiger partial charge in [-0.25, -0.2) is 4.79 Å². The largest absolute Gasteiger partial charge is 0.507 e. The Morgan fingerprint density at radius 3 is 2.47 bits per heavy atom. The van der Waals surface area contributed by atoms with Gasteiger partial charge in [0.05, 0.1) is 7.11 Å². The van der Waals surface area contributed by atoms with Crippen molar-refractivity contribution in [3.63, 3.8) is 0 Å². The number of hydrogen-bond acceptors (Lipinski definition) is 8. The molecule has 156 valence electrons. The number of aliphatic carboxylic acids is 1. The molecule has 2 aromatic carbocycles. The Labute approximate surface area is 170 Å². The minimum atomic E-state index is -1.16. The van der Waals surface area contributed by atoms with Gasteiger partial charge in [0.1, 0.15) is 40.0 Å². The lowest BCUT2D eigenvalue weighted by Crippen LogP contribution is -2.34. The van der Waals surface area contributed by atoms with E-state index in [1.807, 2.05) is 0 Å². The second kappa shape index (κ2) is 8.66. The number of benzene rings is 2. The smallest absolute Gasteiger partial charge is 0.328 e. The van der Waals surface area contributed by atoms with Crippen molar-refractivity contribution in [2.75, 3.05) is 7.11 Å². The summed E-state index contributed by atoms with van der Waals surface area (Å²) in [4.78, 5) is 35.1.